The number of nitrogens with zero attached hydrogens (tertiary/aromatic N) is 4. The maximum absolute atomic E-state index is 13.2. The van der Waals surface area contributed by atoms with Crippen LogP contribution in [0.4, 0.5) is 0 Å². The monoisotopic (exact) mass is 370 g/mol. The molecule has 7 heteroatoms. The summed E-state index contributed by atoms with van der Waals surface area (Å²) in [5, 5.41) is 0. The summed E-state index contributed by atoms with van der Waals surface area (Å²) in [4.78, 5) is 38.0. The van der Waals surface area contributed by atoms with Crippen LogP contribution >= 0.6 is 0 Å². The molecule has 4 rings (SSSR count). The highest BCUT2D eigenvalue weighted by atomic mass is 16.5. The van der Waals surface area contributed by atoms with Crippen LogP contribution in [-0.2, 0) is 20.9 Å². The van der Waals surface area contributed by atoms with E-state index in [1.807, 2.05) is 17.1 Å². The normalized spacial score (nSPS) is 31.5. The Morgan fingerprint density at radius 2 is 2.22 bits per heavy atom. The molecule has 0 unspecified atom stereocenters. The second-order valence-electron chi connectivity index (χ2n) is 9.05. The molecule has 2 fully saturated rings. The van der Waals surface area contributed by atoms with Gasteiger partial charge in [0.2, 0.25) is 11.8 Å². The Bertz CT molecular complexity index is 788. The highest BCUT2D eigenvalue weighted by Crippen LogP contribution is 2.52. The smallest absolute Gasteiger partial charge is 0.230 e. The van der Waals surface area contributed by atoms with Crippen molar-refractivity contribution in [3.05, 3.63) is 36.4 Å². The zero-order chi connectivity index (χ0) is 19.4. The van der Waals surface area contributed by atoms with Gasteiger partial charge in [-0.3, -0.25) is 9.59 Å². The van der Waals surface area contributed by atoms with Gasteiger partial charge in [0.1, 0.15) is 11.9 Å². The molecule has 4 atom stereocenters. The summed E-state index contributed by atoms with van der Waals surface area (Å²) in [6.07, 6.45) is 6.75. The molecule has 2 amide bonds. The molecular weight excluding hydrogens is 344 g/mol. The Kier molecular flexibility index (Phi) is 4.10. The van der Waals surface area contributed by atoms with Crippen LogP contribution in [0.3, 0.4) is 0 Å². The predicted molar refractivity (Wildman–Crippen MR) is 98.3 cm³/mol. The van der Waals surface area contributed by atoms with Gasteiger partial charge < -0.3 is 14.5 Å². The molecule has 1 aromatic rings. The first-order valence-corrected chi connectivity index (χ1v) is 9.36. The molecule has 7 nitrogen and oxygen atoms in total. The summed E-state index contributed by atoms with van der Waals surface area (Å²) in [5.41, 5.74) is 0.112. The Morgan fingerprint density at radius 1 is 1.44 bits per heavy atom. The zero-order valence-electron chi connectivity index (χ0n) is 16.3. The summed E-state index contributed by atoms with van der Waals surface area (Å²) in [5.74, 6) is -0.944. The molecule has 3 aliphatic heterocycles. The minimum Gasteiger partial charge on any atom is -0.360 e. The lowest BCUT2D eigenvalue weighted by molar-refractivity contribution is -0.143. The number of hydrogen-bond acceptors (Lipinski definition) is 5. The van der Waals surface area contributed by atoms with Gasteiger partial charge in [-0.15, -0.1) is 0 Å². The predicted octanol–water partition coefficient (Wildman–Crippen LogP) is 1.26. The standard InChI is InChI=1S/C20H26N4O3/c1-19(2,3)10-24-11-20-7-5-14(27-20)15(16(20)18(24)26)17(25)23(4)9-13-6-8-21-12-22-13/h5-8,12,14-16H,9-11H2,1-4H3/t14-,15+,16-,20-/m0/s1. The van der Waals surface area contributed by atoms with E-state index in [2.05, 4.69) is 30.7 Å². The number of carbonyl (C=O) groups excluding carboxylic acids is 2. The summed E-state index contributed by atoms with van der Waals surface area (Å²) in [6.45, 7) is 7.90. The van der Waals surface area contributed by atoms with Gasteiger partial charge in [-0.1, -0.05) is 32.9 Å². The summed E-state index contributed by atoms with van der Waals surface area (Å²) >= 11 is 0. The fourth-order valence-corrected chi connectivity index (χ4v) is 4.55. The van der Waals surface area contributed by atoms with Crippen LogP contribution < -0.4 is 0 Å². The highest BCUT2D eigenvalue weighted by molar-refractivity contribution is 5.93. The molecule has 4 heterocycles. The van der Waals surface area contributed by atoms with E-state index in [1.165, 1.54) is 6.33 Å². The number of aromatic nitrogens is 2. The molecule has 3 aliphatic rings. The van der Waals surface area contributed by atoms with E-state index in [4.69, 9.17) is 4.74 Å². The number of fused-ring (bicyclic) bond motifs is 1. The third kappa shape index (κ3) is 3.04. The van der Waals surface area contributed by atoms with Crippen molar-refractivity contribution in [3.63, 3.8) is 0 Å². The van der Waals surface area contributed by atoms with Gasteiger partial charge in [0.05, 0.1) is 36.7 Å². The van der Waals surface area contributed by atoms with E-state index in [-0.39, 0.29) is 23.3 Å². The van der Waals surface area contributed by atoms with Crippen molar-refractivity contribution in [2.75, 3.05) is 20.1 Å². The third-order valence-electron chi connectivity index (χ3n) is 5.55. The van der Waals surface area contributed by atoms with Gasteiger partial charge in [0.25, 0.3) is 0 Å². The average Bonchev–Trinajstić information content (AvgIpc) is 3.22. The van der Waals surface area contributed by atoms with E-state index in [0.29, 0.717) is 19.6 Å². The summed E-state index contributed by atoms with van der Waals surface area (Å²) in [6, 6.07) is 1.79. The van der Waals surface area contributed by atoms with Crippen LogP contribution in [0.5, 0.6) is 0 Å². The first kappa shape index (κ1) is 18.1. The first-order valence-electron chi connectivity index (χ1n) is 9.36. The Morgan fingerprint density at radius 3 is 2.89 bits per heavy atom. The molecule has 1 aromatic heterocycles. The molecule has 2 saturated heterocycles. The molecule has 0 radical (unpaired) electrons. The maximum Gasteiger partial charge on any atom is 0.230 e. The lowest BCUT2D eigenvalue weighted by atomic mass is 9.76. The largest absolute Gasteiger partial charge is 0.360 e. The molecular formula is C20H26N4O3. The molecule has 1 spiro atoms. The van der Waals surface area contributed by atoms with E-state index in [9.17, 15) is 9.59 Å². The molecule has 0 saturated carbocycles. The van der Waals surface area contributed by atoms with Crippen molar-refractivity contribution >= 4 is 11.8 Å². The van der Waals surface area contributed by atoms with E-state index < -0.39 is 17.4 Å². The number of ether oxygens (including phenoxy) is 1. The van der Waals surface area contributed by atoms with Gasteiger partial charge in [0.15, 0.2) is 0 Å². The van der Waals surface area contributed by atoms with Crippen LogP contribution in [0.2, 0.25) is 0 Å². The van der Waals surface area contributed by atoms with Crippen molar-refractivity contribution in [2.24, 2.45) is 17.3 Å². The van der Waals surface area contributed by atoms with Crippen molar-refractivity contribution in [2.45, 2.75) is 39.0 Å². The minimum atomic E-state index is -0.650. The van der Waals surface area contributed by atoms with Crippen LogP contribution in [0, 0.1) is 17.3 Å². The first-order chi connectivity index (χ1) is 12.7. The fourth-order valence-electron chi connectivity index (χ4n) is 4.55. The minimum absolute atomic E-state index is 0.00400. The second kappa shape index (κ2) is 6.12. The maximum atomic E-state index is 13.2. The van der Waals surface area contributed by atoms with Gasteiger partial charge in [-0.25, -0.2) is 9.97 Å². The van der Waals surface area contributed by atoms with Crippen molar-refractivity contribution in [1.82, 2.24) is 19.8 Å². The van der Waals surface area contributed by atoms with Gasteiger partial charge in [-0.05, 0) is 11.5 Å². The van der Waals surface area contributed by atoms with Crippen LogP contribution in [0.25, 0.3) is 0 Å². The van der Waals surface area contributed by atoms with Crippen molar-refractivity contribution in [1.29, 1.82) is 0 Å². The third-order valence-corrected chi connectivity index (χ3v) is 5.55. The molecule has 0 aliphatic carbocycles. The van der Waals surface area contributed by atoms with Crippen LogP contribution in [-0.4, -0.2) is 63.4 Å². The van der Waals surface area contributed by atoms with E-state index >= 15 is 0 Å². The van der Waals surface area contributed by atoms with Gasteiger partial charge >= 0.3 is 0 Å². The SMILES string of the molecule is CN(Cc1ccncn1)C(=O)[C@@H]1[C@@H]2C=C[C@@]3(CN(CC(C)(C)C)C(=O)[C@H]13)O2. The second-order valence-corrected chi connectivity index (χ2v) is 9.05. The van der Waals surface area contributed by atoms with Crippen LogP contribution in [0.15, 0.2) is 30.7 Å². The highest BCUT2D eigenvalue weighted by Gasteiger charge is 2.67. The Balaban J connectivity index is 1.55. The fraction of sp³-hybridized carbons (Fsp3) is 0.600. The molecule has 2 bridgehead atoms. The molecule has 144 valence electrons. The zero-order valence-corrected chi connectivity index (χ0v) is 16.3. The lowest BCUT2D eigenvalue weighted by Gasteiger charge is -2.29. The number of rotatable bonds is 4. The summed E-state index contributed by atoms with van der Waals surface area (Å²) in [7, 11) is 1.75. The molecule has 0 aromatic carbocycles. The number of amides is 2. The summed E-state index contributed by atoms with van der Waals surface area (Å²) < 4.78 is 6.19. The van der Waals surface area contributed by atoms with Crippen molar-refractivity contribution in [3.8, 4) is 0 Å². The quantitative estimate of drug-likeness (QED) is 0.746. The lowest BCUT2D eigenvalue weighted by Crippen LogP contribution is -2.45. The van der Waals surface area contributed by atoms with E-state index in [0.717, 1.165) is 5.69 Å². The topological polar surface area (TPSA) is 75.6 Å². The number of hydrogen-bond donors (Lipinski definition) is 0. The number of carbonyl (C=O) groups is 2. The Hall–Kier alpha value is -2.28. The van der Waals surface area contributed by atoms with Crippen molar-refractivity contribution < 1.29 is 14.3 Å². The Labute approximate surface area is 159 Å². The van der Waals surface area contributed by atoms with Gasteiger partial charge in [0, 0.05) is 19.8 Å². The number of likely N-dealkylation sites (tertiary alicyclic amines) is 1. The van der Waals surface area contributed by atoms with Gasteiger partial charge in [-0.2, -0.15) is 0 Å². The average molecular weight is 370 g/mol. The van der Waals surface area contributed by atoms with E-state index in [1.54, 1.807) is 24.2 Å². The van der Waals surface area contributed by atoms with Crippen LogP contribution in [0.1, 0.15) is 26.5 Å². The molecule has 0 N–H and O–H groups in total. The molecule has 27 heavy (non-hydrogen) atoms.